The molecule has 0 bridgehead atoms. The lowest BCUT2D eigenvalue weighted by atomic mass is 10.0. The Bertz CT molecular complexity index is 910. The van der Waals surface area contributed by atoms with Crippen molar-refractivity contribution in [3.63, 3.8) is 0 Å². The van der Waals surface area contributed by atoms with Gasteiger partial charge in [-0.2, -0.15) is 0 Å². The van der Waals surface area contributed by atoms with Crippen LogP contribution in [0, 0.1) is 0 Å². The van der Waals surface area contributed by atoms with Crippen LogP contribution in [0.15, 0.2) is 48.0 Å². The molecule has 0 unspecified atom stereocenters. The van der Waals surface area contributed by atoms with Crippen LogP contribution < -0.4 is 5.32 Å². The van der Waals surface area contributed by atoms with E-state index in [-0.39, 0.29) is 11.7 Å². The first-order chi connectivity index (χ1) is 13.1. The highest BCUT2D eigenvalue weighted by Crippen LogP contribution is 2.25. The number of carbonyl (C=O) groups excluding carboxylic acids is 1. The molecule has 0 aliphatic heterocycles. The summed E-state index contributed by atoms with van der Waals surface area (Å²) in [7, 11) is 0. The first kappa shape index (κ1) is 19.0. The van der Waals surface area contributed by atoms with Crippen molar-refractivity contribution in [3.05, 3.63) is 48.4 Å². The summed E-state index contributed by atoms with van der Waals surface area (Å²) in [6, 6.07) is 7.87. The van der Waals surface area contributed by atoms with Gasteiger partial charge in [0.2, 0.25) is 5.91 Å². The van der Waals surface area contributed by atoms with Crippen molar-refractivity contribution in [2.24, 2.45) is 0 Å². The maximum atomic E-state index is 12.4. The highest BCUT2D eigenvalue weighted by atomic mass is 32.2. The minimum atomic E-state index is -0.0696. The van der Waals surface area contributed by atoms with E-state index < -0.39 is 0 Å². The summed E-state index contributed by atoms with van der Waals surface area (Å²) < 4.78 is 1.93. The van der Waals surface area contributed by atoms with E-state index in [1.54, 1.807) is 18.6 Å². The van der Waals surface area contributed by atoms with Gasteiger partial charge in [-0.15, -0.1) is 10.2 Å². The summed E-state index contributed by atoms with van der Waals surface area (Å²) in [5.74, 6) is 1.18. The lowest BCUT2D eigenvalue weighted by Crippen LogP contribution is -2.16. The zero-order valence-electron chi connectivity index (χ0n) is 15.6. The first-order valence-corrected chi connectivity index (χ1v) is 9.79. The van der Waals surface area contributed by atoms with Crippen molar-refractivity contribution >= 4 is 23.4 Å². The predicted molar refractivity (Wildman–Crippen MR) is 107 cm³/mol. The molecule has 140 valence electrons. The molecule has 0 fully saturated rings. The van der Waals surface area contributed by atoms with E-state index >= 15 is 0 Å². The normalized spacial score (nSPS) is 11.0. The molecule has 0 radical (unpaired) electrons. The summed E-state index contributed by atoms with van der Waals surface area (Å²) in [6.45, 7) is 6.90. The monoisotopic (exact) mass is 382 g/mol. The molecule has 0 aliphatic carbocycles. The molecule has 2 heterocycles. The molecule has 1 aromatic carbocycles. The topological polar surface area (TPSA) is 85.6 Å². The number of thioether (sulfide) groups is 1. The highest BCUT2D eigenvalue weighted by molar-refractivity contribution is 7.99. The Labute approximate surface area is 162 Å². The second-order valence-corrected chi connectivity index (χ2v) is 7.16. The number of para-hydroxylation sites is 1. The molecule has 0 aliphatic rings. The SMILES string of the molecule is CCn1c(SCC(=O)Nc2ccccc2C(C)C)nnc1-c1cnccn1. The van der Waals surface area contributed by atoms with E-state index in [2.05, 4.69) is 39.3 Å². The summed E-state index contributed by atoms with van der Waals surface area (Å²) in [5, 5.41) is 12.1. The van der Waals surface area contributed by atoms with Crippen molar-refractivity contribution in [3.8, 4) is 11.5 Å². The molecule has 3 aromatic rings. The van der Waals surface area contributed by atoms with Gasteiger partial charge in [0.05, 0.1) is 11.9 Å². The number of benzene rings is 1. The third kappa shape index (κ3) is 4.51. The molecule has 8 heteroatoms. The zero-order valence-corrected chi connectivity index (χ0v) is 16.4. The maximum absolute atomic E-state index is 12.4. The van der Waals surface area contributed by atoms with Gasteiger partial charge in [0, 0.05) is 24.6 Å². The van der Waals surface area contributed by atoms with Gasteiger partial charge in [0.15, 0.2) is 11.0 Å². The third-order valence-corrected chi connectivity index (χ3v) is 4.98. The molecule has 27 heavy (non-hydrogen) atoms. The Hall–Kier alpha value is -2.74. The molecule has 1 amide bonds. The molecular weight excluding hydrogens is 360 g/mol. The fraction of sp³-hybridized carbons (Fsp3) is 0.316. The molecule has 0 saturated heterocycles. The van der Waals surface area contributed by atoms with Crippen LogP contribution in [0.3, 0.4) is 0 Å². The zero-order chi connectivity index (χ0) is 19.2. The van der Waals surface area contributed by atoms with E-state index in [1.165, 1.54) is 11.8 Å². The van der Waals surface area contributed by atoms with Crippen LogP contribution in [0.5, 0.6) is 0 Å². The third-order valence-electron chi connectivity index (χ3n) is 4.01. The largest absolute Gasteiger partial charge is 0.325 e. The number of hydrogen-bond acceptors (Lipinski definition) is 6. The van der Waals surface area contributed by atoms with Crippen molar-refractivity contribution in [2.45, 2.75) is 38.4 Å². The lowest BCUT2D eigenvalue weighted by molar-refractivity contribution is -0.113. The lowest BCUT2D eigenvalue weighted by Gasteiger charge is -2.13. The molecule has 0 saturated carbocycles. The minimum absolute atomic E-state index is 0.0696. The number of amides is 1. The number of nitrogens with one attached hydrogen (secondary N) is 1. The van der Waals surface area contributed by atoms with Gasteiger partial charge in [-0.25, -0.2) is 4.98 Å². The van der Waals surface area contributed by atoms with Crippen molar-refractivity contribution < 1.29 is 4.79 Å². The summed E-state index contributed by atoms with van der Waals surface area (Å²) in [5.41, 5.74) is 2.64. The van der Waals surface area contributed by atoms with Gasteiger partial charge in [-0.1, -0.05) is 43.8 Å². The molecule has 7 nitrogen and oxygen atoms in total. The van der Waals surface area contributed by atoms with Crippen LogP contribution in [0.25, 0.3) is 11.5 Å². The second kappa shape index (κ2) is 8.77. The van der Waals surface area contributed by atoms with Crippen molar-refractivity contribution in [1.82, 2.24) is 24.7 Å². The van der Waals surface area contributed by atoms with Gasteiger partial charge in [-0.05, 0) is 24.5 Å². The minimum Gasteiger partial charge on any atom is -0.325 e. The number of carbonyl (C=O) groups is 1. The first-order valence-electron chi connectivity index (χ1n) is 8.81. The fourth-order valence-electron chi connectivity index (χ4n) is 2.72. The van der Waals surface area contributed by atoms with Gasteiger partial charge in [0.1, 0.15) is 5.69 Å². The Morgan fingerprint density at radius 2 is 2.04 bits per heavy atom. The quantitative estimate of drug-likeness (QED) is 0.628. The average molecular weight is 382 g/mol. The average Bonchev–Trinajstić information content (AvgIpc) is 3.10. The number of hydrogen-bond donors (Lipinski definition) is 1. The molecule has 1 N–H and O–H groups in total. The highest BCUT2D eigenvalue weighted by Gasteiger charge is 2.16. The number of rotatable bonds is 7. The van der Waals surface area contributed by atoms with Crippen LogP contribution >= 0.6 is 11.8 Å². The fourth-order valence-corrected chi connectivity index (χ4v) is 3.52. The smallest absolute Gasteiger partial charge is 0.234 e. The number of nitrogens with zero attached hydrogens (tertiary/aromatic N) is 5. The molecule has 3 rings (SSSR count). The van der Waals surface area contributed by atoms with Gasteiger partial charge >= 0.3 is 0 Å². The molecule has 0 spiro atoms. The van der Waals surface area contributed by atoms with Crippen LogP contribution in [0.2, 0.25) is 0 Å². The van der Waals surface area contributed by atoms with Gasteiger partial charge in [0.25, 0.3) is 0 Å². The summed E-state index contributed by atoms with van der Waals surface area (Å²) in [6.07, 6.45) is 4.89. The van der Waals surface area contributed by atoms with Crippen LogP contribution in [-0.4, -0.2) is 36.4 Å². The molecular formula is C19H22N6OS. The molecule has 2 aromatic heterocycles. The maximum Gasteiger partial charge on any atom is 0.234 e. The Morgan fingerprint density at radius 1 is 1.22 bits per heavy atom. The van der Waals surface area contributed by atoms with Crippen LogP contribution in [-0.2, 0) is 11.3 Å². The van der Waals surface area contributed by atoms with E-state index in [4.69, 9.17) is 0 Å². The van der Waals surface area contributed by atoms with Gasteiger partial charge in [-0.3, -0.25) is 9.78 Å². The second-order valence-electron chi connectivity index (χ2n) is 6.22. The number of anilines is 1. The van der Waals surface area contributed by atoms with Crippen molar-refractivity contribution in [1.29, 1.82) is 0 Å². The van der Waals surface area contributed by atoms with E-state index in [0.717, 1.165) is 11.3 Å². The van der Waals surface area contributed by atoms with Crippen LogP contribution in [0.4, 0.5) is 5.69 Å². The van der Waals surface area contributed by atoms with Crippen molar-refractivity contribution in [2.75, 3.05) is 11.1 Å². The predicted octanol–water partition coefficient (Wildman–Crippen LogP) is 3.61. The Morgan fingerprint density at radius 3 is 2.74 bits per heavy atom. The standard InChI is InChI=1S/C19H22N6OS/c1-4-25-18(16-11-20-9-10-21-16)23-24-19(25)27-12-17(26)22-15-8-6-5-7-14(15)13(2)3/h5-11,13H,4,12H2,1-3H3,(H,22,26). The Kier molecular flexibility index (Phi) is 6.18. The summed E-state index contributed by atoms with van der Waals surface area (Å²) in [4.78, 5) is 20.8. The van der Waals surface area contributed by atoms with Crippen LogP contribution in [0.1, 0.15) is 32.3 Å². The van der Waals surface area contributed by atoms with E-state index in [9.17, 15) is 4.79 Å². The Balaban J connectivity index is 1.69. The number of aromatic nitrogens is 5. The summed E-state index contributed by atoms with van der Waals surface area (Å²) >= 11 is 1.36. The molecule has 0 atom stereocenters. The van der Waals surface area contributed by atoms with Gasteiger partial charge < -0.3 is 9.88 Å². The van der Waals surface area contributed by atoms with E-state index in [0.29, 0.717) is 29.1 Å². The van der Waals surface area contributed by atoms with E-state index in [1.807, 2.05) is 35.8 Å².